The van der Waals surface area contributed by atoms with Gasteiger partial charge in [0, 0.05) is 41.7 Å². The molecule has 1 fully saturated rings. The number of nitrogens with zero attached hydrogens (tertiary/aromatic N) is 3. The predicted molar refractivity (Wildman–Crippen MR) is 120 cm³/mol. The summed E-state index contributed by atoms with van der Waals surface area (Å²) >= 11 is 2.94. The van der Waals surface area contributed by atoms with Crippen molar-refractivity contribution in [2.75, 3.05) is 0 Å². The average Bonchev–Trinajstić information content (AvgIpc) is 3.31. The van der Waals surface area contributed by atoms with E-state index in [1.165, 1.54) is 19.2 Å². The number of carbonyl (C=O) groups excluding carboxylic acids is 1. The monoisotopic (exact) mass is 574 g/mol. The number of hydrogen-bond donors (Lipinski definition) is 1. The Morgan fingerprint density at radius 2 is 1.97 bits per heavy atom. The normalized spacial score (nSPS) is 16.1. The highest BCUT2D eigenvalue weighted by atomic mass is 79.9. The lowest BCUT2D eigenvalue weighted by Gasteiger charge is -2.28. The van der Waals surface area contributed by atoms with Gasteiger partial charge in [-0.15, -0.1) is 0 Å². The van der Waals surface area contributed by atoms with E-state index in [0.717, 1.165) is 6.07 Å². The van der Waals surface area contributed by atoms with Crippen LogP contribution in [-0.4, -0.2) is 33.1 Å². The summed E-state index contributed by atoms with van der Waals surface area (Å²) in [6, 6.07) is 5.55. The maximum Gasteiger partial charge on any atom is 0.417 e. The molecule has 4 rings (SSSR count). The standard InChI is InChI=1S/C23H20BrF5N4O3/c1-12-8-14(9-16(18(12)24)23(27,28)29)19-32-21(36-33-19)20(34)31-11-13-2-3-17(30-10-13)35-15-4-6-22(25,26)7-5-15/h2-3,8-10,15H,4-7,11H2,1H3,(H,31,34). The zero-order valence-electron chi connectivity index (χ0n) is 18.8. The Labute approximate surface area is 210 Å². The van der Waals surface area contributed by atoms with Crippen molar-refractivity contribution in [3.63, 3.8) is 0 Å². The van der Waals surface area contributed by atoms with Gasteiger partial charge in [-0.3, -0.25) is 4.79 Å². The quantitative estimate of drug-likeness (QED) is 0.357. The number of amides is 1. The summed E-state index contributed by atoms with van der Waals surface area (Å²) in [6.45, 7) is 1.55. The van der Waals surface area contributed by atoms with E-state index in [1.807, 2.05) is 0 Å². The minimum Gasteiger partial charge on any atom is -0.474 e. The van der Waals surface area contributed by atoms with Gasteiger partial charge in [-0.2, -0.15) is 18.2 Å². The smallest absolute Gasteiger partial charge is 0.417 e. The molecule has 2 heterocycles. The zero-order valence-corrected chi connectivity index (χ0v) is 20.4. The van der Waals surface area contributed by atoms with E-state index >= 15 is 0 Å². The highest BCUT2D eigenvalue weighted by molar-refractivity contribution is 9.10. The summed E-state index contributed by atoms with van der Waals surface area (Å²) < 4.78 is 76.9. The predicted octanol–water partition coefficient (Wildman–Crippen LogP) is 6.11. The van der Waals surface area contributed by atoms with Gasteiger partial charge in [0.15, 0.2) is 0 Å². The van der Waals surface area contributed by atoms with E-state index < -0.39 is 29.5 Å². The summed E-state index contributed by atoms with van der Waals surface area (Å²) in [4.78, 5) is 20.4. The molecule has 1 amide bonds. The molecule has 13 heteroatoms. The largest absolute Gasteiger partial charge is 0.474 e. The van der Waals surface area contributed by atoms with Crippen LogP contribution in [0.25, 0.3) is 11.4 Å². The molecule has 7 nitrogen and oxygen atoms in total. The molecule has 0 bridgehead atoms. The van der Waals surface area contributed by atoms with E-state index in [4.69, 9.17) is 9.26 Å². The van der Waals surface area contributed by atoms with Crippen LogP contribution in [0.3, 0.4) is 0 Å². The van der Waals surface area contributed by atoms with Gasteiger partial charge in [0.1, 0.15) is 6.10 Å². The van der Waals surface area contributed by atoms with E-state index in [1.54, 1.807) is 12.1 Å². The number of pyridine rings is 1. The molecule has 1 N–H and O–H groups in total. The lowest BCUT2D eigenvalue weighted by atomic mass is 9.94. The van der Waals surface area contributed by atoms with Crippen molar-refractivity contribution in [2.24, 2.45) is 0 Å². The lowest BCUT2D eigenvalue weighted by Crippen LogP contribution is -2.30. The van der Waals surface area contributed by atoms with Crippen LogP contribution in [0.1, 0.15) is 53.1 Å². The molecule has 0 aliphatic heterocycles. The second-order valence-corrected chi connectivity index (χ2v) is 9.23. The molecule has 36 heavy (non-hydrogen) atoms. The third kappa shape index (κ3) is 6.18. The molecule has 0 radical (unpaired) electrons. The maximum absolute atomic E-state index is 13.3. The molecule has 1 aliphatic carbocycles. The zero-order chi connectivity index (χ0) is 26.1. The van der Waals surface area contributed by atoms with Crippen LogP contribution >= 0.6 is 15.9 Å². The molecule has 192 valence electrons. The fraction of sp³-hybridized carbons (Fsp3) is 0.391. The minimum atomic E-state index is -4.59. The SMILES string of the molecule is Cc1cc(-c2noc(C(=O)NCc3ccc(OC4CCC(F)(F)CC4)nc3)n2)cc(C(F)(F)F)c1Br. The second-order valence-electron chi connectivity index (χ2n) is 8.44. The molecule has 1 aliphatic rings. The van der Waals surface area contributed by atoms with Crippen molar-refractivity contribution in [1.29, 1.82) is 0 Å². The molecule has 0 spiro atoms. The molecule has 3 aromatic rings. The van der Waals surface area contributed by atoms with Gasteiger partial charge >= 0.3 is 18.0 Å². The van der Waals surface area contributed by atoms with Crippen molar-refractivity contribution >= 4 is 21.8 Å². The van der Waals surface area contributed by atoms with Crippen LogP contribution in [0.2, 0.25) is 0 Å². The molecule has 0 atom stereocenters. The second kappa shape index (κ2) is 10.1. The average molecular weight is 575 g/mol. The van der Waals surface area contributed by atoms with Gasteiger partial charge in [-0.25, -0.2) is 13.8 Å². The Hall–Kier alpha value is -3.09. The Balaban J connectivity index is 1.35. The summed E-state index contributed by atoms with van der Waals surface area (Å²) in [6.07, 6.45) is -3.39. The van der Waals surface area contributed by atoms with Crippen molar-refractivity contribution in [3.05, 3.63) is 57.5 Å². The van der Waals surface area contributed by atoms with Gasteiger partial charge in [0.2, 0.25) is 17.6 Å². The number of benzene rings is 1. The summed E-state index contributed by atoms with van der Waals surface area (Å²) in [5.74, 6) is -3.64. The van der Waals surface area contributed by atoms with Gasteiger partial charge in [-0.1, -0.05) is 11.2 Å². The first kappa shape index (κ1) is 26.0. The Bertz CT molecular complexity index is 1240. The van der Waals surface area contributed by atoms with Crippen LogP contribution in [0.5, 0.6) is 5.88 Å². The highest BCUT2D eigenvalue weighted by Gasteiger charge is 2.36. The van der Waals surface area contributed by atoms with Gasteiger partial charge < -0.3 is 14.6 Å². The first-order chi connectivity index (χ1) is 16.9. The third-order valence-electron chi connectivity index (χ3n) is 5.64. The van der Waals surface area contributed by atoms with E-state index in [0.29, 0.717) is 17.0 Å². The molecule has 1 saturated carbocycles. The first-order valence-electron chi connectivity index (χ1n) is 10.9. The van der Waals surface area contributed by atoms with Crippen LogP contribution in [0, 0.1) is 6.92 Å². The number of ether oxygens (including phenoxy) is 1. The third-order valence-corrected chi connectivity index (χ3v) is 6.69. The number of halogens is 6. The van der Waals surface area contributed by atoms with Gasteiger partial charge in [-0.05, 0) is 59.0 Å². The van der Waals surface area contributed by atoms with Crippen LogP contribution in [0.15, 0.2) is 39.5 Å². The van der Waals surface area contributed by atoms with Crippen molar-refractivity contribution in [3.8, 4) is 17.3 Å². The fourth-order valence-corrected chi connectivity index (χ4v) is 4.14. The van der Waals surface area contributed by atoms with E-state index in [-0.39, 0.29) is 54.2 Å². The lowest BCUT2D eigenvalue weighted by molar-refractivity contribution is -0.138. The topological polar surface area (TPSA) is 90.1 Å². The summed E-state index contributed by atoms with van der Waals surface area (Å²) in [5.41, 5.74) is 0.0860. The maximum atomic E-state index is 13.3. The van der Waals surface area contributed by atoms with Crippen molar-refractivity contribution in [1.82, 2.24) is 20.4 Å². The van der Waals surface area contributed by atoms with Crippen LogP contribution in [0.4, 0.5) is 22.0 Å². The number of alkyl halides is 5. The summed E-state index contributed by atoms with van der Waals surface area (Å²) in [7, 11) is 0. The molecular formula is C23H20BrF5N4O3. The number of nitrogens with one attached hydrogen (secondary N) is 1. The first-order valence-corrected chi connectivity index (χ1v) is 11.7. The molecular weight excluding hydrogens is 555 g/mol. The van der Waals surface area contributed by atoms with Crippen LogP contribution < -0.4 is 10.1 Å². The fourth-order valence-electron chi connectivity index (χ4n) is 3.68. The number of aromatic nitrogens is 3. The number of hydrogen-bond acceptors (Lipinski definition) is 6. The number of aryl methyl sites for hydroxylation is 1. The van der Waals surface area contributed by atoms with Gasteiger partial charge in [0.25, 0.3) is 0 Å². The number of carbonyl (C=O) groups is 1. The Kier molecular flexibility index (Phi) is 7.30. The van der Waals surface area contributed by atoms with E-state index in [9.17, 15) is 26.7 Å². The molecule has 0 saturated heterocycles. The van der Waals surface area contributed by atoms with Crippen molar-refractivity contribution in [2.45, 2.75) is 57.4 Å². The molecule has 0 unspecified atom stereocenters. The Morgan fingerprint density at radius 3 is 2.61 bits per heavy atom. The molecule has 2 aromatic heterocycles. The number of rotatable bonds is 6. The van der Waals surface area contributed by atoms with Crippen molar-refractivity contribution < 1.29 is 36.0 Å². The van der Waals surface area contributed by atoms with Gasteiger partial charge in [0.05, 0.1) is 5.56 Å². The van der Waals surface area contributed by atoms with Crippen LogP contribution in [-0.2, 0) is 12.7 Å². The minimum absolute atomic E-state index is 0.0484. The molecule has 1 aromatic carbocycles. The summed E-state index contributed by atoms with van der Waals surface area (Å²) in [5, 5.41) is 6.19. The Morgan fingerprint density at radius 1 is 1.25 bits per heavy atom. The van der Waals surface area contributed by atoms with E-state index in [2.05, 4.69) is 36.4 Å². The highest BCUT2D eigenvalue weighted by Crippen LogP contribution is 2.39.